The highest BCUT2D eigenvalue weighted by atomic mass is 35.5. The van der Waals surface area contributed by atoms with E-state index in [1.54, 1.807) is 19.2 Å². The van der Waals surface area contributed by atoms with Gasteiger partial charge in [-0.1, -0.05) is 23.2 Å². The van der Waals surface area contributed by atoms with Crippen LogP contribution in [0.5, 0.6) is 11.5 Å². The molecule has 0 amide bonds. The molecule has 1 N–H and O–H groups in total. The van der Waals surface area contributed by atoms with Crippen LogP contribution in [0.2, 0.25) is 10.0 Å². The van der Waals surface area contributed by atoms with Crippen molar-refractivity contribution >= 4 is 45.6 Å². The fourth-order valence-corrected chi connectivity index (χ4v) is 3.12. The number of nitrogens with zero attached hydrogens (tertiary/aromatic N) is 2. The SMILES string of the molecule is COc1cc2c(Nc3ccc(Cl)c(Cl)c3)ncnc2cc1OCCC1OC=CO1. The summed E-state index contributed by atoms with van der Waals surface area (Å²) in [6.07, 6.45) is 4.75. The zero-order valence-electron chi connectivity index (χ0n) is 15.4. The van der Waals surface area contributed by atoms with Crippen LogP contribution in [0.25, 0.3) is 10.9 Å². The lowest BCUT2D eigenvalue weighted by Gasteiger charge is -2.15. The molecular weight excluding hydrogens is 417 g/mol. The normalized spacial score (nSPS) is 13.2. The summed E-state index contributed by atoms with van der Waals surface area (Å²) in [4.78, 5) is 8.68. The van der Waals surface area contributed by atoms with Crippen molar-refractivity contribution in [3.63, 3.8) is 0 Å². The Morgan fingerprint density at radius 2 is 1.86 bits per heavy atom. The summed E-state index contributed by atoms with van der Waals surface area (Å²) in [6, 6.07) is 8.90. The van der Waals surface area contributed by atoms with Crippen molar-refractivity contribution in [2.75, 3.05) is 19.0 Å². The number of halogens is 2. The van der Waals surface area contributed by atoms with Gasteiger partial charge in [0.25, 0.3) is 0 Å². The molecule has 150 valence electrons. The Balaban J connectivity index is 1.57. The number of anilines is 2. The van der Waals surface area contributed by atoms with Gasteiger partial charge in [0.15, 0.2) is 11.5 Å². The maximum Gasteiger partial charge on any atom is 0.242 e. The van der Waals surface area contributed by atoms with E-state index in [2.05, 4.69) is 15.3 Å². The van der Waals surface area contributed by atoms with Crippen LogP contribution < -0.4 is 14.8 Å². The van der Waals surface area contributed by atoms with E-state index in [9.17, 15) is 0 Å². The van der Waals surface area contributed by atoms with Crippen LogP contribution in [0.3, 0.4) is 0 Å². The molecule has 2 aromatic carbocycles. The standard InChI is InChI=1S/C20H17Cl2N3O4/c1-26-17-9-13-16(10-18(17)27-5-4-19-28-6-7-29-19)23-11-24-20(13)25-12-2-3-14(21)15(22)8-12/h2-3,6-11,19H,4-5H2,1H3,(H,23,24,25). The molecule has 0 bridgehead atoms. The number of benzene rings is 2. The van der Waals surface area contributed by atoms with Gasteiger partial charge < -0.3 is 24.3 Å². The molecule has 0 radical (unpaired) electrons. The van der Waals surface area contributed by atoms with Crippen LogP contribution in [0.1, 0.15) is 6.42 Å². The van der Waals surface area contributed by atoms with Crippen molar-refractivity contribution in [1.82, 2.24) is 9.97 Å². The van der Waals surface area contributed by atoms with E-state index < -0.39 is 0 Å². The molecular formula is C20H17Cl2N3O4. The fraction of sp³-hybridized carbons (Fsp3) is 0.200. The molecule has 2 heterocycles. The predicted octanol–water partition coefficient (Wildman–Crippen LogP) is 5.30. The lowest BCUT2D eigenvalue weighted by Crippen LogP contribution is -2.12. The number of rotatable bonds is 7. The van der Waals surface area contributed by atoms with E-state index in [0.29, 0.717) is 45.9 Å². The van der Waals surface area contributed by atoms with Gasteiger partial charge in [-0.15, -0.1) is 0 Å². The zero-order valence-corrected chi connectivity index (χ0v) is 16.9. The molecule has 1 aromatic heterocycles. The van der Waals surface area contributed by atoms with Crippen LogP contribution in [-0.4, -0.2) is 30.0 Å². The van der Waals surface area contributed by atoms with E-state index in [4.69, 9.17) is 42.1 Å². The molecule has 1 aliphatic rings. The second-order valence-corrected chi connectivity index (χ2v) is 6.92. The molecule has 9 heteroatoms. The minimum atomic E-state index is -0.328. The Labute approximate surface area is 177 Å². The Morgan fingerprint density at radius 1 is 1.03 bits per heavy atom. The van der Waals surface area contributed by atoms with Crippen molar-refractivity contribution < 1.29 is 18.9 Å². The minimum Gasteiger partial charge on any atom is -0.493 e. The monoisotopic (exact) mass is 433 g/mol. The van der Waals surface area contributed by atoms with Gasteiger partial charge in [0.05, 0.1) is 35.7 Å². The van der Waals surface area contributed by atoms with Gasteiger partial charge in [0, 0.05) is 17.1 Å². The first-order valence-electron chi connectivity index (χ1n) is 8.77. The number of fused-ring (bicyclic) bond motifs is 1. The molecule has 0 fully saturated rings. The van der Waals surface area contributed by atoms with E-state index in [1.807, 2.05) is 18.2 Å². The number of ether oxygens (including phenoxy) is 4. The summed E-state index contributed by atoms with van der Waals surface area (Å²) in [5.41, 5.74) is 1.46. The van der Waals surface area contributed by atoms with E-state index in [1.165, 1.54) is 18.9 Å². The average molecular weight is 434 g/mol. The number of aromatic nitrogens is 2. The molecule has 0 saturated carbocycles. The topological polar surface area (TPSA) is 74.7 Å². The highest BCUT2D eigenvalue weighted by Crippen LogP contribution is 2.35. The first kappa shape index (κ1) is 19.4. The van der Waals surface area contributed by atoms with Gasteiger partial charge in [-0.2, -0.15) is 0 Å². The Hall–Kier alpha value is -2.90. The average Bonchev–Trinajstić information content (AvgIpc) is 3.24. The van der Waals surface area contributed by atoms with E-state index in [0.717, 1.165) is 11.1 Å². The van der Waals surface area contributed by atoms with Crippen LogP contribution in [0.15, 0.2) is 49.2 Å². The molecule has 0 atom stereocenters. The van der Waals surface area contributed by atoms with E-state index in [-0.39, 0.29) is 6.29 Å². The van der Waals surface area contributed by atoms with Crippen molar-refractivity contribution in [1.29, 1.82) is 0 Å². The van der Waals surface area contributed by atoms with Gasteiger partial charge in [-0.05, 0) is 24.3 Å². The number of methoxy groups -OCH3 is 1. The third kappa shape index (κ3) is 4.41. The zero-order chi connectivity index (χ0) is 20.2. The number of hydrogen-bond donors (Lipinski definition) is 1. The van der Waals surface area contributed by atoms with Gasteiger partial charge >= 0.3 is 0 Å². The second kappa shape index (κ2) is 8.63. The fourth-order valence-electron chi connectivity index (χ4n) is 2.82. The van der Waals surface area contributed by atoms with Crippen LogP contribution >= 0.6 is 23.2 Å². The largest absolute Gasteiger partial charge is 0.493 e. The van der Waals surface area contributed by atoms with Crippen LogP contribution in [-0.2, 0) is 9.47 Å². The Kier molecular flexibility index (Phi) is 5.78. The maximum atomic E-state index is 6.10. The van der Waals surface area contributed by atoms with Crippen molar-refractivity contribution in [2.45, 2.75) is 12.7 Å². The highest BCUT2D eigenvalue weighted by Gasteiger charge is 2.15. The molecule has 7 nitrogen and oxygen atoms in total. The molecule has 3 aromatic rings. The van der Waals surface area contributed by atoms with Gasteiger partial charge in [0.1, 0.15) is 24.7 Å². The lowest BCUT2D eigenvalue weighted by molar-refractivity contribution is -0.0354. The van der Waals surface area contributed by atoms with Crippen molar-refractivity contribution in [3.8, 4) is 11.5 Å². The minimum absolute atomic E-state index is 0.328. The molecule has 0 saturated heterocycles. The summed E-state index contributed by atoms with van der Waals surface area (Å²) in [6.45, 7) is 0.397. The summed E-state index contributed by atoms with van der Waals surface area (Å²) in [5, 5.41) is 4.94. The number of hydrogen-bond acceptors (Lipinski definition) is 7. The summed E-state index contributed by atoms with van der Waals surface area (Å²) in [5.74, 6) is 1.75. The summed E-state index contributed by atoms with van der Waals surface area (Å²) in [7, 11) is 1.58. The van der Waals surface area contributed by atoms with Crippen molar-refractivity contribution in [2.24, 2.45) is 0 Å². The predicted molar refractivity (Wildman–Crippen MR) is 111 cm³/mol. The second-order valence-electron chi connectivity index (χ2n) is 6.11. The number of nitrogens with one attached hydrogen (secondary N) is 1. The van der Waals surface area contributed by atoms with Crippen LogP contribution in [0.4, 0.5) is 11.5 Å². The van der Waals surface area contributed by atoms with Gasteiger partial charge in [-0.3, -0.25) is 0 Å². The van der Waals surface area contributed by atoms with Gasteiger partial charge in [0.2, 0.25) is 6.29 Å². The highest BCUT2D eigenvalue weighted by molar-refractivity contribution is 6.42. The first-order chi connectivity index (χ1) is 14.1. The summed E-state index contributed by atoms with van der Waals surface area (Å²) < 4.78 is 21.8. The smallest absolute Gasteiger partial charge is 0.242 e. The Bertz CT molecular complexity index is 1050. The lowest BCUT2D eigenvalue weighted by atomic mass is 10.2. The maximum absolute atomic E-state index is 6.10. The van der Waals surface area contributed by atoms with E-state index >= 15 is 0 Å². The molecule has 0 aliphatic carbocycles. The molecule has 0 spiro atoms. The quantitative estimate of drug-likeness (QED) is 0.541. The third-order valence-corrected chi connectivity index (χ3v) is 4.97. The van der Waals surface area contributed by atoms with Crippen molar-refractivity contribution in [3.05, 3.63) is 59.2 Å². The van der Waals surface area contributed by atoms with Crippen LogP contribution in [0, 0.1) is 0 Å². The summed E-state index contributed by atoms with van der Waals surface area (Å²) >= 11 is 12.1. The molecule has 1 aliphatic heterocycles. The Morgan fingerprint density at radius 3 is 2.62 bits per heavy atom. The molecule has 4 rings (SSSR count). The molecule has 0 unspecified atom stereocenters. The van der Waals surface area contributed by atoms with Gasteiger partial charge in [-0.25, -0.2) is 9.97 Å². The third-order valence-electron chi connectivity index (χ3n) is 4.23. The molecule has 29 heavy (non-hydrogen) atoms. The first-order valence-corrected chi connectivity index (χ1v) is 9.53.